The highest BCUT2D eigenvalue weighted by Crippen LogP contribution is 2.28. The van der Waals surface area contributed by atoms with Gasteiger partial charge in [0.15, 0.2) is 0 Å². The second kappa shape index (κ2) is 5.87. The minimum atomic E-state index is -0.795. The number of nitrogens with zero attached hydrogens (tertiary/aromatic N) is 1. The number of rotatable bonds is 5. The number of carboxylic acid groups (broad SMARTS) is 1. The van der Waals surface area contributed by atoms with Gasteiger partial charge in [-0.2, -0.15) is 0 Å². The molecule has 1 atom stereocenters. The highest BCUT2D eigenvalue weighted by Gasteiger charge is 2.23. The summed E-state index contributed by atoms with van der Waals surface area (Å²) in [5.41, 5.74) is 2.77. The summed E-state index contributed by atoms with van der Waals surface area (Å²) in [7, 11) is 5.37. The smallest absolute Gasteiger partial charge is 0.312 e. The van der Waals surface area contributed by atoms with Crippen molar-refractivity contribution >= 4 is 5.97 Å². The van der Waals surface area contributed by atoms with E-state index in [1.807, 2.05) is 45.0 Å². The summed E-state index contributed by atoms with van der Waals surface area (Å²) in [5, 5.41) is 9.36. The number of carbonyl (C=O) groups is 1. The summed E-state index contributed by atoms with van der Waals surface area (Å²) >= 11 is 0. The lowest BCUT2D eigenvalue weighted by molar-refractivity contribution is -0.139. The molecule has 0 bridgehead atoms. The number of hydrogen-bond acceptors (Lipinski definition) is 3. The van der Waals surface area contributed by atoms with Gasteiger partial charge in [-0.15, -0.1) is 0 Å². The van der Waals surface area contributed by atoms with E-state index in [1.54, 1.807) is 7.11 Å². The van der Waals surface area contributed by atoms with Crippen LogP contribution in [0, 0.1) is 13.8 Å². The number of aliphatic carboxylic acids is 1. The summed E-state index contributed by atoms with van der Waals surface area (Å²) in [5.74, 6) is -0.508. The summed E-state index contributed by atoms with van der Waals surface area (Å²) in [4.78, 5) is 13.3. The van der Waals surface area contributed by atoms with Gasteiger partial charge in [0.1, 0.15) is 5.75 Å². The van der Waals surface area contributed by atoms with Gasteiger partial charge in [0, 0.05) is 6.54 Å². The second-order valence-corrected chi connectivity index (χ2v) is 4.83. The van der Waals surface area contributed by atoms with Crippen molar-refractivity contribution in [1.82, 2.24) is 4.90 Å². The molecule has 0 saturated carbocycles. The molecule has 1 rings (SSSR count). The SMILES string of the molecule is COc1cc(C)c(C(CN(C)C)C(=O)O)cc1C. The fourth-order valence-corrected chi connectivity index (χ4v) is 2.08. The van der Waals surface area contributed by atoms with Crippen molar-refractivity contribution in [2.45, 2.75) is 19.8 Å². The number of hydrogen-bond donors (Lipinski definition) is 1. The highest BCUT2D eigenvalue weighted by molar-refractivity contribution is 5.77. The van der Waals surface area contributed by atoms with E-state index < -0.39 is 11.9 Å². The van der Waals surface area contributed by atoms with E-state index in [4.69, 9.17) is 4.74 Å². The Labute approximate surface area is 108 Å². The Morgan fingerprint density at radius 1 is 1.33 bits per heavy atom. The van der Waals surface area contributed by atoms with E-state index in [0.717, 1.165) is 22.4 Å². The van der Waals surface area contributed by atoms with Crippen molar-refractivity contribution in [3.63, 3.8) is 0 Å². The van der Waals surface area contributed by atoms with Crippen molar-refractivity contribution in [1.29, 1.82) is 0 Å². The van der Waals surface area contributed by atoms with Crippen molar-refractivity contribution in [2.75, 3.05) is 27.7 Å². The zero-order chi connectivity index (χ0) is 13.9. The van der Waals surface area contributed by atoms with E-state index in [0.29, 0.717) is 6.54 Å². The van der Waals surface area contributed by atoms with Crippen LogP contribution in [0.15, 0.2) is 12.1 Å². The molecule has 1 aromatic carbocycles. The standard InChI is InChI=1S/C14H21NO3/c1-9-7-13(18-5)10(2)6-11(9)12(14(16)17)8-15(3)4/h6-7,12H,8H2,1-5H3,(H,16,17). The van der Waals surface area contributed by atoms with E-state index in [1.165, 1.54) is 0 Å². The third kappa shape index (κ3) is 3.23. The van der Waals surface area contributed by atoms with Gasteiger partial charge in [-0.25, -0.2) is 0 Å². The molecule has 0 fully saturated rings. The fraction of sp³-hybridized carbons (Fsp3) is 0.500. The second-order valence-electron chi connectivity index (χ2n) is 4.83. The number of aryl methyl sites for hydroxylation is 2. The van der Waals surface area contributed by atoms with Crippen LogP contribution in [0.1, 0.15) is 22.6 Å². The van der Waals surface area contributed by atoms with Gasteiger partial charge >= 0.3 is 5.97 Å². The Morgan fingerprint density at radius 3 is 2.39 bits per heavy atom. The molecule has 4 nitrogen and oxygen atoms in total. The van der Waals surface area contributed by atoms with Crippen LogP contribution >= 0.6 is 0 Å². The molecule has 4 heteroatoms. The zero-order valence-corrected chi connectivity index (χ0v) is 11.7. The van der Waals surface area contributed by atoms with Crippen LogP contribution in [0.4, 0.5) is 0 Å². The molecular weight excluding hydrogens is 230 g/mol. The lowest BCUT2D eigenvalue weighted by Gasteiger charge is -2.20. The molecule has 0 aliphatic heterocycles. The normalized spacial score (nSPS) is 12.6. The Morgan fingerprint density at radius 2 is 1.94 bits per heavy atom. The van der Waals surface area contributed by atoms with Crippen molar-refractivity contribution in [2.24, 2.45) is 0 Å². The zero-order valence-electron chi connectivity index (χ0n) is 11.7. The third-order valence-corrected chi connectivity index (χ3v) is 3.00. The van der Waals surface area contributed by atoms with Crippen molar-refractivity contribution in [3.05, 3.63) is 28.8 Å². The summed E-state index contributed by atoms with van der Waals surface area (Å²) in [6.45, 7) is 4.33. The predicted molar refractivity (Wildman–Crippen MR) is 71.4 cm³/mol. The lowest BCUT2D eigenvalue weighted by atomic mass is 9.92. The molecule has 1 N–H and O–H groups in total. The van der Waals surface area contributed by atoms with Gasteiger partial charge in [-0.1, -0.05) is 6.07 Å². The maximum Gasteiger partial charge on any atom is 0.312 e. The summed E-state index contributed by atoms with van der Waals surface area (Å²) in [6, 6.07) is 3.81. The molecule has 0 spiro atoms. The Hall–Kier alpha value is -1.55. The predicted octanol–water partition coefficient (Wildman–Crippen LogP) is 2.04. The van der Waals surface area contributed by atoms with Crippen LogP contribution in [-0.2, 0) is 4.79 Å². The highest BCUT2D eigenvalue weighted by atomic mass is 16.5. The van der Waals surface area contributed by atoms with Crippen molar-refractivity contribution in [3.8, 4) is 5.75 Å². The van der Waals surface area contributed by atoms with Gasteiger partial charge in [-0.3, -0.25) is 4.79 Å². The molecule has 1 unspecified atom stereocenters. The van der Waals surface area contributed by atoms with Gasteiger partial charge in [0.25, 0.3) is 0 Å². The molecule has 100 valence electrons. The van der Waals surface area contributed by atoms with E-state index in [9.17, 15) is 9.90 Å². The first-order valence-electron chi connectivity index (χ1n) is 5.89. The minimum Gasteiger partial charge on any atom is -0.496 e. The van der Waals surface area contributed by atoms with Gasteiger partial charge < -0.3 is 14.7 Å². The Balaban J connectivity index is 3.20. The van der Waals surface area contributed by atoms with Gasteiger partial charge in [-0.05, 0) is 50.7 Å². The van der Waals surface area contributed by atoms with Crippen LogP contribution in [0.3, 0.4) is 0 Å². The van der Waals surface area contributed by atoms with Crippen molar-refractivity contribution < 1.29 is 14.6 Å². The summed E-state index contributed by atoms with van der Waals surface area (Å²) < 4.78 is 5.24. The van der Waals surface area contributed by atoms with Crippen LogP contribution in [0.5, 0.6) is 5.75 Å². The fourth-order valence-electron chi connectivity index (χ4n) is 2.08. The van der Waals surface area contributed by atoms with E-state index in [-0.39, 0.29) is 0 Å². The Kier molecular flexibility index (Phi) is 4.73. The third-order valence-electron chi connectivity index (χ3n) is 3.00. The van der Waals surface area contributed by atoms with Crippen LogP contribution < -0.4 is 4.74 Å². The number of methoxy groups -OCH3 is 1. The quantitative estimate of drug-likeness (QED) is 0.870. The molecule has 0 amide bonds. The molecular formula is C14H21NO3. The maximum atomic E-state index is 11.4. The lowest BCUT2D eigenvalue weighted by Crippen LogP contribution is -2.26. The van der Waals surface area contributed by atoms with Gasteiger partial charge in [0.05, 0.1) is 13.0 Å². The first-order valence-corrected chi connectivity index (χ1v) is 5.89. The first-order chi connectivity index (χ1) is 8.36. The minimum absolute atomic E-state index is 0.488. The Bertz CT molecular complexity index is 441. The monoisotopic (exact) mass is 251 g/mol. The van der Waals surface area contributed by atoms with Gasteiger partial charge in [0.2, 0.25) is 0 Å². The van der Waals surface area contributed by atoms with Crippen LogP contribution in [0.25, 0.3) is 0 Å². The molecule has 1 aromatic rings. The number of benzene rings is 1. The first kappa shape index (κ1) is 14.5. The number of ether oxygens (including phenoxy) is 1. The molecule has 18 heavy (non-hydrogen) atoms. The molecule has 0 heterocycles. The molecule has 0 radical (unpaired) electrons. The van der Waals surface area contributed by atoms with Crippen LogP contribution in [0.2, 0.25) is 0 Å². The van der Waals surface area contributed by atoms with Crippen LogP contribution in [-0.4, -0.2) is 43.7 Å². The number of carboxylic acids is 1. The average molecular weight is 251 g/mol. The largest absolute Gasteiger partial charge is 0.496 e. The maximum absolute atomic E-state index is 11.4. The van der Waals surface area contributed by atoms with E-state index >= 15 is 0 Å². The summed E-state index contributed by atoms with van der Waals surface area (Å²) in [6.07, 6.45) is 0. The molecule has 0 saturated heterocycles. The topological polar surface area (TPSA) is 49.8 Å². The molecule has 0 aliphatic carbocycles. The molecule has 0 aliphatic rings. The molecule has 0 aromatic heterocycles. The number of likely N-dealkylation sites (N-methyl/N-ethyl adjacent to an activating group) is 1. The van der Waals surface area contributed by atoms with E-state index in [2.05, 4.69) is 0 Å². The average Bonchev–Trinajstić information content (AvgIpc) is 2.28.